The first-order valence-electron chi connectivity index (χ1n) is 4.90. The van der Waals surface area contributed by atoms with Crippen LogP contribution in [0.5, 0.6) is 0 Å². The van der Waals surface area contributed by atoms with E-state index < -0.39 is 0 Å². The fraction of sp³-hybridized carbons (Fsp3) is 0.0833. The molecule has 0 unspecified atom stereocenters. The van der Waals surface area contributed by atoms with Gasteiger partial charge >= 0.3 is 0 Å². The van der Waals surface area contributed by atoms with Crippen LogP contribution in [0.1, 0.15) is 11.1 Å². The Kier molecular flexibility index (Phi) is 3.77. The molecule has 0 atom stereocenters. The number of halogens is 3. The molecule has 0 saturated heterocycles. The summed E-state index contributed by atoms with van der Waals surface area (Å²) in [5.74, 6) is 0.449. The molecule has 0 fully saturated rings. The van der Waals surface area contributed by atoms with Crippen LogP contribution in [0.15, 0.2) is 30.5 Å². The Labute approximate surface area is 114 Å². The number of rotatable bonds is 2. The number of aromatic nitrogens is 1. The lowest BCUT2D eigenvalue weighted by molar-refractivity contribution is 1.15. The van der Waals surface area contributed by atoms with Crippen LogP contribution in [0.3, 0.4) is 0 Å². The molecule has 2 N–H and O–H groups in total. The summed E-state index contributed by atoms with van der Waals surface area (Å²) >= 11 is 17.9. The Hall–Kier alpha value is -0.960. The van der Waals surface area contributed by atoms with Crippen LogP contribution >= 0.6 is 34.8 Å². The first kappa shape index (κ1) is 12.5. The van der Waals surface area contributed by atoms with E-state index in [1.807, 2.05) is 6.07 Å². The lowest BCUT2D eigenvalue weighted by atomic mass is 10.1. The SMILES string of the molecule is Nc1ncc(Cl)cc1Cc1cc(Cl)ccc1Cl. The first-order chi connectivity index (χ1) is 8.06. The fourth-order valence-electron chi connectivity index (χ4n) is 1.52. The van der Waals surface area contributed by atoms with E-state index in [0.717, 1.165) is 11.1 Å². The number of nitrogens with two attached hydrogens (primary N) is 1. The molecule has 2 aromatic rings. The van der Waals surface area contributed by atoms with E-state index in [-0.39, 0.29) is 0 Å². The van der Waals surface area contributed by atoms with Gasteiger partial charge in [0.2, 0.25) is 0 Å². The zero-order valence-electron chi connectivity index (χ0n) is 8.75. The van der Waals surface area contributed by atoms with Gasteiger partial charge < -0.3 is 5.73 Å². The topological polar surface area (TPSA) is 38.9 Å². The van der Waals surface area contributed by atoms with E-state index in [1.165, 1.54) is 6.20 Å². The highest BCUT2D eigenvalue weighted by Crippen LogP contribution is 2.25. The van der Waals surface area contributed by atoms with Crippen molar-refractivity contribution in [3.63, 3.8) is 0 Å². The molecule has 0 amide bonds. The van der Waals surface area contributed by atoms with Crippen molar-refractivity contribution >= 4 is 40.6 Å². The lowest BCUT2D eigenvalue weighted by Crippen LogP contribution is -1.99. The Morgan fingerprint density at radius 2 is 1.71 bits per heavy atom. The number of benzene rings is 1. The normalized spacial score (nSPS) is 10.5. The molecule has 0 aliphatic carbocycles. The van der Waals surface area contributed by atoms with Crippen LogP contribution in [0.25, 0.3) is 0 Å². The highest BCUT2D eigenvalue weighted by molar-refractivity contribution is 6.33. The monoisotopic (exact) mass is 286 g/mol. The van der Waals surface area contributed by atoms with E-state index in [4.69, 9.17) is 40.5 Å². The summed E-state index contributed by atoms with van der Waals surface area (Å²) in [7, 11) is 0. The van der Waals surface area contributed by atoms with Gasteiger partial charge in [-0.25, -0.2) is 4.98 Å². The molecule has 0 bridgehead atoms. The van der Waals surface area contributed by atoms with Gasteiger partial charge in [-0.05, 0) is 29.8 Å². The van der Waals surface area contributed by atoms with Gasteiger partial charge in [0.05, 0.1) is 5.02 Å². The van der Waals surface area contributed by atoms with Gasteiger partial charge in [0.15, 0.2) is 0 Å². The summed E-state index contributed by atoms with van der Waals surface area (Å²) in [5.41, 5.74) is 7.51. The summed E-state index contributed by atoms with van der Waals surface area (Å²) in [6.45, 7) is 0. The van der Waals surface area contributed by atoms with Crippen molar-refractivity contribution in [3.8, 4) is 0 Å². The van der Waals surface area contributed by atoms with Crippen molar-refractivity contribution in [2.75, 3.05) is 5.73 Å². The Bertz CT molecular complexity index is 506. The Morgan fingerprint density at radius 3 is 2.47 bits per heavy atom. The van der Waals surface area contributed by atoms with E-state index in [1.54, 1.807) is 18.2 Å². The van der Waals surface area contributed by atoms with Gasteiger partial charge in [-0.2, -0.15) is 0 Å². The number of hydrogen-bond acceptors (Lipinski definition) is 2. The van der Waals surface area contributed by atoms with Crippen LogP contribution in [0.4, 0.5) is 5.82 Å². The molecule has 1 aromatic carbocycles. The molecular weight excluding hydrogens is 279 g/mol. The van der Waals surface area contributed by atoms with Crippen LogP contribution in [-0.2, 0) is 6.42 Å². The standard InChI is InChI=1S/C12H9Cl3N2/c13-9-1-2-11(15)7(4-9)3-8-5-10(14)6-17-12(8)16/h1-2,4-6H,3H2,(H2,16,17). The van der Waals surface area contributed by atoms with E-state index >= 15 is 0 Å². The van der Waals surface area contributed by atoms with E-state index in [2.05, 4.69) is 4.98 Å². The largest absolute Gasteiger partial charge is 0.383 e. The third kappa shape index (κ3) is 3.03. The molecule has 0 radical (unpaired) electrons. The van der Waals surface area contributed by atoms with Crippen molar-refractivity contribution in [2.45, 2.75) is 6.42 Å². The van der Waals surface area contributed by atoms with E-state index in [0.29, 0.717) is 27.3 Å². The van der Waals surface area contributed by atoms with Crippen molar-refractivity contribution in [2.24, 2.45) is 0 Å². The summed E-state index contributed by atoms with van der Waals surface area (Å²) in [6, 6.07) is 7.09. The smallest absolute Gasteiger partial charge is 0.126 e. The van der Waals surface area contributed by atoms with Gasteiger partial charge in [0, 0.05) is 28.2 Å². The predicted octanol–water partition coefficient (Wildman–Crippen LogP) is 4.21. The summed E-state index contributed by atoms with van der Waals surface area (Å²) in [5, 5.41) is 1.83. The molecule has 0 spiro atoms. The van der Waals surface area contributed by atoms with Gasteiger partial charge in [0.1, 0.15) is 5.82 Å². The fourth-order valence-corrected chi connectivity index (χ4v) is 2.08. The average molecular weight is 288 g/mol. The minimum absolute atomic E-state index is 0.449. The number of nitrogens with zero attached hydrogens (tertiary/aromatic N) is 1. The van der Waals surface area contributed by atoms with Crippen LogP contribution in [-0.4, -0.2) is 4.98 Å². The second-order valence-corrected chi connectivity index (χ2v) is 4.89. The summed E-state index contributed by atoms with van der Waals surface area (Å²) < 4.78 is 0. The molecular formula is C12H9Cl3N2. The van der Waals surface area contributed by atoms with Crippen LogP contribution in [0.2, 0.25) is 15.1 Å². The number of nitrogen functional groups attached to an aromatic ring is 1. The zero-order chi connectivity index (χ0) is 12.4. The second kappa shape index (κ2) is 5.13. The molecule has 0 saturated carbocycles. The highest BCUT2D eigenvalue weighted by atomic mass is 35.5. The summed E-state index contributed by atoms with van der Waals surface area (Å²) in [4.78, 5) is 4.00. The third-order valence-electron chi connectivity index (χ3n) is 2.36. The van der Waals surface area contributed by atoms with Crippen molar-refractivity contribution in [1.29, 1.82) is 0 Å². The minimum atomic E-state index is 0.449. The van der Waals surface area contributed by atoms with Gasteiger partial charge in [-0.15, -0.1) is 0 Å². The van der Waals surface area contributed by atoms with Crippen molar-refractivity contribution < 1.29 is 0 Å². The molecule has 17 heavy (non-hydrogen) atoms. The molecule has 5 heteroatoms. The van der Waals surface area contributed by atoms with Gasteiger partial charge in [0.25, 0.3) is 0 Å². The number of pyridine rings is 1. The molecule has 1 heterocycles. The Balaban J connectivity index is 2.37. The second-order valence-electron chi connectivity index (χ2n) is 3.61. The summed E-state index contributed by atoms with van der Waals surface area (Å²) in [6.07, 6.45) is 2.07. The van der Waals surface area contributed by atoms with Crippen LogP contribution < -0.4 is 5.73 Å². The number of anilines is 1. The molecule has 0 aliphatic heterocycles. The van der Waals surface area contributed by atoms with Gasteiger partial charge in [-0.3, -0.25) is 0 Å². The lowest BCUT2D eigenvalue weighted by Gasteiger charge is -2.07. The first-order valence-corrected chi connectivity index (χ1v) is 6.03. The minimum Gasteiger partial charge on any atom is -0.383 e. The highest BCUT2D eigenvalue weighted by Gasteiger charge is 2.07. The Morgan fingerprint density at radius 1 is 1.00 bits per heavy atom. The molecule has 88 valence electrons. The maximum absolute atomic E-state index is 6.09. The average Bonchev–Trinajstić information content (AvgIpc) is 2.28. The van der Waals surface area contributed by atoms with Crippen molar-refractivity contribution in [3.05, 3.63) is 56.7 Å². The quantitative estimate of drug-likeness (QED) is 0.898. The van der Waals surface area contributed by atoms with Crippen LogP contribution in [0, 0.1) is 0 Å². The maximum atomic E-state index is 6.09. The molecule has 1 aromatic heterocycles. The van der Waals surface area contributed by atoms with Crippen molar-refractivity contribution in [1.82, 2.24) is 4.98 Å². The maximum Gasteiger partial charge on any atom is 0.126 e. The third-order valence-corrected chi connectivity index (χ3v) is 3.17. The van der Waals surface area contributed by atoms with E-state index in [9.17, 15) is 0 Å². The molecule has 2 nitrogen and oxygen atoms in total. The molecule has 0 aliphatic rings. The molecule has 2 rings (SSSR count). The predicted molar refractivity (Wildman–Crippen MR) is 72.9 cm³/mol. The number of hydrogen-bond donors (Lipinski definition) is 1. The van der Waals surface area contributed by atoms with Gasteiger partial charge in [-0.1, -0.05) is 34.8 Å². The zero-order valence-corrected chi connectivity index (χ0v) is 11.0.